The predicted octanol–water partition coefficient (Wildman–Crippen LogP) is 4.40. The van der Waals surface area contributed by atoms with Gasteiger partial charge in [0.2, 0.25) is 5.91 Å². The lowest BCUT2D eigenvalue weighted by atomic mass is 9.51. The highest BCUT2D eigenvalue weighted by molar-refractivity contribution is 6.30. The Labute approximate surface area is 184 Å². The molecule has 164 valence electrons. The van der Waals surface area contributed by atoms with Crippen LogP contribution in [0.1, 0.15) is 64.9 Å². The summed E-state index contributed by atoms with van der Waals surface area (Å²) >= 11 is 6.04. The highest BCUT2D eigenvalue weighted by atomic mass is 35.5. The predicted molar refractivity (Wildman–Crippen MR) is 118 cm³/mol. The van der Waals surface area contributed by atoms with Gasteiger partial charge in [0.05, 0.1) is 0 Å². The van der Waals surface area contributed by atoms with Crippen molar-refractivity contribution in [3.05, 3.63) is 28.8 Å². The second-order valence-corrected chi connectivity index (χ2v) is 10.6. The van der Waals surface area contributed by atoms with Gasteiger partial charge in [-0.1, -0.05) is 18.5 Å². The summed E-state index contributed by atoms with van der Waals surface area (Å²) in [7, 11) is 0. The maximum absolute atomic E-state index is 13.2. The van der Waals surface area contributed by atoms with E-state index < -0.39 is 5.60 Å². The Morgan fingerprint density at radius 3 is 2.47 bits per heavy atom. The van der Waals surface area contributed by atoms with Crippen molar-refractivity contribution in [2.24, 2.45) is 17.8 Å². The van der Waals surface area contributed by atoms with E-state index in [-0.39, 0.29) is 23.4 Å². The van der Waals surface area contributed by atoms with Gasteiger partial charge < -0.3 is 15.4 Å². The molecule has 2 amide bonds. The van der Waals surface area contributed by atoms with Crippen molar-refractivity contribution < 1.29 is 14.3 Å². The van der Waals surface area contributed by atoms with Crippen molar-refractivity contribution in [1.82, 2.24) is 10.6 Å². The zero-order valence-corrected chi connectivity index (χ0v) is 19.1. The Morgan fingerprint density at radius 2 is 1.87 bits per heavy atom. The van der Waals surface area contributed by atoms with Crippen molar-refractivity contribution in [1.29, 1.82) is 0 Å². The van der Waals surface area contributed by atoms with E-state index in [1.165, 1.54) is 0 Å². The zero-order valence-electron chi connectivity index (χ0n) is 18.4. The molecule has 0 aliphatic heterocycles. The third kappa shape index (κ3) is 4.05. The number of halogens is 1. The first-order valence-corrected chi connectivity index (χ1v) is 11.6. The number of benzene rings is 1. The van der Waals surface area contributed by atoms with E-state index in [0.29, 0.717) is 34.9 Å². The van der Waals surface area contributed by atoms with E-state index in [9.17, 15) is 9.59 Å². The number of carbonyl (C=O) groups excluding carboxylic acids is 2. The summed E-state index contributed by atoms with van der Waals surface area (Å²) < 4.78 is 6.10. The molecule has 0 spiro atoms. The average molecular weight is 433 g/mol. The molecule has 0 heterocycles. The van der Waals surface area contributed by atoms with Crippen LogP contribution in [-0.4, -0.2) is 29.0 Å². The number of hydrogen-bond donors (Lipinski definition) is 2. The summed E-state index contributed by atoms with van der Waals surface area (Å²) in [5.41, 5.74) is -0.134. The van der Waals surface area contributed by atoms with E-state index in [4.69, 9.17) is 16.3 Å². The summed E-state index contributed by atoms with van der Waals surface area (Å²) in [6.45, 7) is 7.46. The van der Waals surface area contributed by atoms with Gasteiger partial charge in [0.15, 0.2) is 5.60 Å². The molecule has 0 saturated heterocycles. The maximum atomic E-state index is 13.2. The van der Waals surface area contributed by atoms with Crippen molar-refractivity contribution in [3.8, 4) is 5.75 Å². The maximum Gasteiger partial charge on any atom is 0.263 e. The van der Waals surface area contributed by atoms with E-state index in [2.05, 4.69) is 10.6 Å². The number of hydrogen-bond acceptors (Lipinski definition) is 3. The molecule has 5 atom stereocenters. The first-order valence-electron chi connectivity index (χ1n) is 11.2. The third-order valence-electron chi connectivity index (χ3n) is 7.35. The fourth-order valence-corrected chi connectivity index (χ4v) is 6.40. The van der Waals surface area contributed by atoms with Crippen LogP contribution in [0.4, 0.5) is 0 Å². The number of ether oxygens (including phenoxy) is 1. The molecule has 4 fully saturated rings. The Bertz CT molecular complexity index is 837. The fraction of sp³-hybridized carbons (Fsp3) is 0.667. The molecule has 4 aliphatic carbocycles. The Morgan fingerprint density at radius 1 is 1.20 bits per heavy atom. The molecular weight excluding hydrogens is 400 g/mol. The highest BCUT2D eigenvalue weighted by Gasteiger charge is 2.56. The lowest BCUT2D eigenvalue weighted by molar-refractivity contribution is -0.140. The van der Waals surface area contributed by atoms with Gasteiger partial charge in [0, 0.05) is 23.0 Å². The quantitative estimate of drug-likeness (QED) is 0.700. The van der Waals surface area contributed by atoms with Crippen LogP contribution < -0.4 is 15.4 Å². The minimum absolute atomic E-state index is 0.0583. The molecule has 0 aromatic heterocycles. The van der Waals surface area contributed by atoms with Crippen LogP contribution in [0.3, 0.4) is 0 Å². The van der Waals surface area contributed by atoms with Gasteiger partial charge in [-0.3, -0.25) is 9.59 Å². The summed E-state index contributed by atoms with van der Waals surface area (Å²) in [6, 6.07) is 5.59. The monoisotopic (exact) mass is 432 g/mol. The summed E-state index contributed by atoms with van der Waals surface area (Å²) in [6.07, 6.45) is 5.84. The zero-order chi connectivity index (χ0) is 21.7. The van der Waals surface area contributed by atoms with Gasteiger partial charge in [-0.15, -0.1) is 0 Å². The Hall–Kier alpha value is -1.75. The number of carbonyl (C=O) groups is 2. The summed E-state index contributed by atoms with van der Waals surface area (Å²) in [5.74, 6) is 2.24. The van der Waals surface area contributed by atoms with Crippen molar-refractivity contribution in [3.63, 3.8) is 0 Å². The molecule has 30 heavy (non-hydrogen) atoms. The van der Waals surface area contributed by atoms with E-state index in [0.717, 1.165) is 37.7 Å². The van der Waals surface area contributed by atoms with Gasteiger partial charge in [-0.25, -0.2) is 0 Å². The smallest absolute Gasteiger partial charge is 0.263 e. The molecule has 5 rings (SSSR count). The lowest BCUT2D eigenvalue weighted by Crippen LogP contribution is -2.67. The van der Waals surface area contributed by atoms with Gasteiger partial charge >= 0.3 is 0 Å². The second kappa shape index (κ2) is 7.74. The molecule has 1 aromatic rings. The Kier molecular flexibility index (Phi) is 5.54. The summed E-state index contributed by atoms with van der Waals surface area (Å²) in [4.78, 5) is 25.3. The van der Waals surface area contributed by atoms with Crippen LogP contribution in [0.2, 0.25) is 5.02 Å². The van der Waals surface area contributed by atoms with Crippen LogP contribution in [0.15, 0.2) is 18.2 Å². The second-order valence-electron chi connectivity index (χ2n) is 10.2. The van der Waals surface area contributed by atoms with E-state index in [1.54, 1.807) is 6.07 Å². The minimum atomic E-state index is -0.985. The summed E-state index contributed by atoms with van der Waals surface area (Å²) in [5, 5.41) is 7.32. The SMILES string of the molecule is CCC(=O)N[C@@]12CC3C[C@H](C1)[C@H](NC(=O)C(C)(C)Oc1ccc(Cl)cc1C)[C@@H](C3)C2. The van der Waals surface area contributed by atoms with Crippen LogP contribution in [0.25, 0.3) is 0 Å². The van der Waals surface area contributed by atoms with E-state index in [1.807, 2.05) is 39.8 Å². The van der Waals surface area contributed by atoms with Crippen LogP contribution in [0.5, 0.6) is 5.75 Å². The lowest BCUT2D eigenvalue weighted by Gasteiger charge is -2.60. The molecule has 4 bridgehead atoms. The normalized spacial score (nSPS) is 32.0. The largest absolute Gasteiger partial charge is 0.478 e. The molecule has 5 nitrogen and oxygen atoms in total. The molecule has 4 aliphatic rings. The van der Waals surface area contributed by atoms with Crippen LogP contribution >= 0.6 is 11.6 Å². The number of rotatable bonds is 6. The fourth-order valence-electron chi connectivity index (χ4n) is 6.17. The third-order valence-corrected chi connectivity index (χ3v) is 7.58. The van der Waals surface area contributed by atoms with Crippen LogP contribution in [0, 0.1) is 24.7 Å². The molecule has 4 saturated carbocycles. The molecule has 1 aromatic carbocycles. The van der Waals surface area contributed by atoms with Gasteiger partial charge in [0.1, 0.15) is 5.75 Å². The number of amides is 2. The van der Waals surface area contributed by atoms with Crippen molar-refractivity contribution in [2.75, 3.05) is 0 Å². The molecule has 6 heteroatoms. The standard InChI is InChI=1S/C24H33ClN2O3/c1-5-20(28)27-24-11-15-9-16(12-24)21(17(10-15)13-24)26-22(29)23(3,4)30-19-7-6-18(25)8-14(19)2/h6-8,15-17,21H,5,9-13H2,1-4H3,(H,26,29)(H,27,28)/t15?,16-,17+,21+,24+. The molecule has 0 radical (unpaired) electrons. The number of aryl methyl sites for hydroxylation is 1. The first-order chi connectivity index (χ1) is 14.1. The number of nitrogens with one attached hydrogen (secondary N) is 2. The van der Waals surface area contributed by atoms with Gasteiger partial charge in [-0.05, 0) is 94.4 Å². The van der Waals surface area contributed by atoms with E-state index >= 15 is 0 Å². The topological polar surface area (TPSA) is 67.4 Å². The molecule has 1 unspecified atom stereocenters. The first kappa shape index (κ1) is 21.5. The van der Waals surface area contributed by atoms with Gasteiger partial charge in [-0.2, -0.15) is 0 Å². The average Bonchev–Trinajstić information content (AvgIpc) is 2.65. The van der Waals surface area contributed by atoms with Gasteiger partial charge in [0.25, 0.3) is 5.91 Å². The minimum Gasteiger partial charge on any atom is -0.478 e. The molecule has 2 N–H and O–H groups in total. The Balaban J connectivity index is 1.44. The van der Waals surface area contributed by atoms with Crippen molar-refractivity contribution in [2.45, 2.75) is 83.4 Å². The molecular formula is C24H33ClN2O3. The van der Waals surface area contributed by atoms with Crippen LogP contribution in [-0.2, 0) is 9.59 Å². The van der Waals surface area contributed by atoms with Crippen molar-refractivity contribution >= 4 is 23.4 Å². The highest BCUT2D eigenvalue weighted by Crippen LogP contribution is 2.55.